The Labute approximate surface area is 200 Å². The predicted octanol–water partition coefficient (Wildman–Crippen LogP) is 4.59. The van der Waals surface area contributed by atoms with E-state index in [4.69, 9.17) is 4.74 Å². The molecular formula is C29H40N2O2. The number of aliphatic hydroxyl groups is 1. The Hall–Kier alpha value is -2.32. The van der Waals surface area contributed by atoms with Gasteiger partial charge in [0.1, 0.15) is 11.4 Å². The smallest absolute Gasteiger partial charge is 0.120 e. The third-order valence-electron chi connectivity index (χ3n) is 6.29. The molecule has 3 rings (SSSR count). The first kappa shape index (κ1) is 25.3. The van der Waals surface area contributed by atoms with Crippen LogP contribution in [0.2, 0.25) is 0 Å². The van der Waals surface area contributed by atoms with Gasteiger partial charge in [-0.3, -0.25) is 4.90 Å². The summed E-state index contributed by atoms with van der Waals surface area (Å²) >= 11 is 0. The second-order valence-corrected chi connectivity index (χ2v) is 9.74. The van der Waals surface area contributed by atoms with Crippen molar-refractivity contribution in [2.24, 2.45) is 5.92 Å². The SMILES string of the molecule is CCN(Cc1ccc(C#CC(C)(C)O)cc1)C[C@@H]1CCCN(CCc2cccc(OC)c2)C1. The Morgan fingerprint density at radius 1 is 1.15 bits per heavy atom. The summed E-state index contributed by atoms with van der Waals surface area (Å²) < 4.78 is 5.36. The van der Waals surface area contributed by atoms with Crippen LogP contribution in [-0.2, 0) is 13.0 Å². The van der Waals surface area contributed by atoms with Crippen molar-refractivity contribution in [2.45, 2.75) is 52.2 Å². The molecule has 1 fully saturated rings. The Balaban J connectivity index is 1.49. The summed E-state index contributed by atoms with van der Waals surface area (Å²) in [6.07, 6.45) is 3.68. The minimum absolute atomic E-state index is 0.723. The predicted molar refractivity (Wildman–Crippen MR) is 136 cm³/mol. The van der Waals surface area contributed by atoms with Gasteiger partial charge in [0.2, 0.25) is 0 Å². The second-order valence-electron chi connectivity index (χ2n) is 9.74. The molecule has 1 atom stereocenters. The van der Waals surface area contributed by atoms with E-state index in [1.165, 1.54) is 37.1 Å². The third-order valence-corrected chi connectivity index (χ3v) is 6.29. The second kappa shape index (κ2) is 12.2. The van der Waals surface area contributed by atoms with Gasteiger partial charge in [-0.05, 0) is 87.5 Å². The first-order valence-electron chi connectivity index (χ1n) is 12.3. The van der Waals surface area contributed by atoms with Crippen molar-refractivity contribution in [2.75, 3.05) is 39.8 Å². The molecule has 1 heterocycles. The zero-order valence-corrected chi connectivity index (χ0v) is 20.8. The van der Waals surface area contributed by atoms with Gasteiger partial charge in [-0.15, -0.1) is 0 Å². The van der Waals surface area contributed by atoms with Crippen LogP contribution in [0, 0.1) is 17.8 Å². The summed E-state index contributed by atoms with van der Waals surface area (Å²) in [6, 6.07) is 16.9. The van der Waals surface area contributed by atoms with E-state index in [1.807, 2.05) is 6.07 Å². The molecule has 4 nitrogen and oxygen atoms in total. The number of methoxy groups -OCH3 is 1. The summed E-state index contributed by atoms with van der Waals surface area (Å²) in [6.45, 7) is 12.3. The number of rotatable bonds is 9. The molecule has 2 aromatic carbocycles. The van der Waals surface area contributed by atoms with Crippen LogP contribution in [0.15, 0.2) is 48.5 Å². The monoisotopic (exact) mass is 448 g/mol. The summed E-state index contributed by atoms with van der Waals surface area (Å²) in [4.78, 5) is 5.20. The van der Waals surface area contributed by atoms with Crippen molar-refractivity contribution >= 4 is 0 Å². The first-order chi connectivity index (χ1) is 15.8. The van der Waals surface area contributed by atoms with Crippen molar-refractivity contribution in [1.82, 2.24) is 9.80 Å². The lowest BCUT2D eigenvalue weighted by atomic mass is 9.96. The molecule has 1 aliphatic heterocycles. The maximum Gasteiger partial charge on any atom is 0.120 e. The van der Waals surface area contributed by atoms with Crippen molar-refractivity contribution in [3.63, 3.8) is 0 Å². The molecule has 2 aromatic rings. The Morgan fingerprint density at radius 3 is 2.64 bits per heavy atom. The average Bonchev–Trinajstić information content (AvgIpc) is 2.82. The normalized spacial score (nSPS) is 17.0. The van der Waals surface area contributed by atoms with E-state index < -0.39 is 5.60 Å². The Kier molecular flexibility index (Phi) is 9.38. The van der Waals surface area contributed by atoms with Crippen LogP contribution in [0.1, 0.15) is 50.3 Å². The largest absolute Gasteiger partial charge is 0.497 e. The first-order valence-corrected chi connectivity index (χ1v) is 12.3. The highest BCUT2D eigenvalue weighted by molar-refractivity contribution is 5.37. The zero-order chi connectivity index (χ0) is 23.7. The highest BCUT2D eigenvalue weighted by atomic mass is 16.5. The molecule has 0 aliphatic carbocycles. The van der Waals surface area contributed by atoms with Crippen LogP contribution in [-0.4, -0.2) is 60.3 Å². The Morgan fingerprint density at radius 2 is 1.94 bits per heavy atom. The van der Waals surface area contributed by atoms with Gasteiger partial charge in [-0.25, -0.2) is 0 Å². The van der Waals surface area contributed by atoms with E-state index in [-0.39, 0.29) is 0 Å². The Bertz CT molecular complexity index is 921. The molecule has 0 amide bonds. The van der Waals surface area contributed by atoms with Crippen LogP contribution >= 0.6 is 0 Å². The van der Waals surface area contributed by atoms with Gasteiger partial charge in [-0.2, -0.15) is 0 Å². The number of ether oxygens (including phenoxy) is 1. The zero-order valence-electron chi connectivity index (χ0n) is 20.8. The molecule has 0 spiro atoms. The van der Waals surface area contributed by atoms with Crippen LogP contribution in [0.25, 0.3) is 0 Å². The van der Waals surface area contributed by atoms with Crippen molar-refractivity contribution in [1.29, 1.82) is 0 Å². The van der Waals surface area contributed by atoms with Crippen molar-refractivity contribution in [3.05, 3.63) is 65.2 Å². The number of nitrogens with zero attached hydrogens (tertiary/aromatic N) is 2. The van der Waals surface area contributed by atoms with E-state index in [1.54, 1.807) is 21.0 Å². The highest BCUT2D eigenvalue weighted by Crippen LogP contribution is 2.20. The van der Waals surface area contributed by atoms with Gasteiger partial charge < -0.3 is 14.7 Å². The van der Waals surface area contributed by atoms with Gasteiger partial charge in [0.15, 0.2) is 0 Å². The maximum absolute atomic E-state index is 9.78. The number of likely N-dealkylation sites (tertiary alicyclic amines) is 1. The van der Waals surface area contributed by atoms with Crippen LogP contribution < -0.4 is 4.74 Å². The fourth-order valence-electron chi connectivity index (χ4n) is 4.47. The lowest BCUT2D eigenvalue weighted by Gasteiger charge is -2.35. The summed E-state index contributed by atoms with van der Waals surface area (Å²) in [7, 11) is 1.73. The van der Waals surface area contributed by atoms with Crippen LogP contribution in [0.5, 0.6) is 5.75 Å². The van der Waals surface area contributed by atoms with Gasteiger partial charge in [-0.1, -0.05) is 43.0 Å². The summed E-state index contributed by atoms with van der Waals surface area (Å²) in [5, 5.41) is 9.78. The molecule has 0 saturated carbocycles. The number of hydrogen-bond donors (Lipinski definition) is 1. The molecule has 1 aliphatic rings. The van der Waals surface area contributed by atoms with Gasteiger partial charge in [0.25, 0.3) is 0 Å². The molecule has 1 saturated heterocycles. The number of hydrogen-bond acceptors (Lipinski definition) is 4. The summed E-state index contributed by atoms with van der Waals surface area (Å²) in [5.41, 5.74) is 2.65. The molecule has 0 radical (unpaired) electrons. The van der Waals surface area contributed by atoms with E-state index in [0.29, 0.717) is 0 Å². The molecule has 0 bridgehead atoms. The lowest BCUT2D eigenvalue weighted by molar-refractivity contribution is 0.133. The molecule has 0 unspecified atom stereocenters. The van der Waals surface area contributed by atoms with E-state index in [2.05, 4.69) is 71.0 Å². The average molecular weight is 449 g/mol. The molecular weight excluding hydrogens is 408 g/mol. The molecule has 33 heavy (non-hydrogen) atoms. The quantitative estimate of drug-likeness (QED) is 0.569. The van der Waals surface area contributed by atoms with E-state index in [9.17, 15) is 5.11 Å². The van der Waals surface area contributed by atoms with Crippen LogP contribution in [0.3, 0.4) is 0 Å². The molecule has 178 valence electrons. The number of benzene rings is 2. The van der Waals surface area contributed by atoms with Crippen molar-refractivity contribution in [3.8, 4) is 17.6 Å². The van der Waals surface area contributed by atoms with Gasteiger partial charge >= 0.3 is 0 Å². The van der Waals surface area contributed by atoms with Gasteiger partial charge in [0.05, 0.1) is 7.11 Å². The minimum atomic E-state index is -0.959. The van der Waals surface area contributed by atoms with Crippen molar-refractivity contribution < 1.29 is 9.84 Å². The number of piperidine rings is 1. The van der Waals surface area contributed by atoms with E-state index in [0.717, 1.165) is 49.8 Å². The van der Waals surface area contributed by atoms with Crippen LogP contribution in [0.4, 0.5) is 0 Å². The molecule has 0 aromatic heterocycles. The molecule has 1 N–H and O–H groups in total. The minimum Gasteiger partial charge on any atom is -0.497 e. The lowest BCUT2D eigenvalue weighted by Crippen LogP contribution is -2.41. The highest BCUT2D eigenvalue weighted by Gasteiger charge is 2.21. The maximum atomic E-state index is 9.78. The summed E-state index contributed by atoms with van der Waals surface area (Å²) in [5.74, 6) is 7.60. The standard InChI is InChI=1S/C29H40N2O2/c1-5-30(21-26-13-11-24(12-14-26)15-17-29(2,3)32)22-27-9-7-18-31(23-27)19-16-25-8-6-10-28(20-25)33-4/h6,8,10-14,20,27,32H,5,7,9,16,18-19,21-23H2,1-4H3/t27-/m0/s1. The fraction of sp³-hybridized carbons (Fsp3) is 0.517. The van der Waals surface area contributed by atoms with Gasteiger partial charge in [0, 0.05) is 31.7 Å². The fourth-order valence-corrected chi connectivity index (χ4v) is 4.47. The molecule has 4 heteroatoms. The van der Waals surface area contributed by atoms with E-state index >= 15 is 0 Å². The third kappa shape index (κ3) is 8.85. The topological polar surface area (TPSA) is 35.9 Å².